The average molecular weight is 148 g/mol. The molecule has 0 amide bonds. The summed E-state index contributed by atoms with van der Waals surface area (Å²) < 4.78 is 4.75. The molecule has 0 aromatic carbocycles. The van der Waals surface area contributed by atoms with Crippen molar-refractivity contribution in [2.24, 2.45) is 0 Å². The van der Waals surface area contributed by atoms with Gasteiger partial charge in [0.1, 0.15) is 0 Å². The van der Waals surface area contributed by atoms with Gasteiger partial charge >= 0.3 is 51.4 Å². The Hall–Kier alpha value is 0.916. The van der Waals surface area contributed by atoms with Crippen molar-refractivity contribution in [2.75, 3.05) is 0 Å². The predicted molar refractivity (Wildman–Crippen MR) is 31.6 cm³/mol. The van der Waals surface area contributed by atoms with Gasteiger partial charge in [-0.2, -0.15) is 5.56 Å². The van der Waals surface area contributed by atoms with Crippen LogP contribution in [0.4, 0.5) is 0 Å². The van der Waals surface area contributed by atoms with E-state index in [-0.39, 0.29) is 51.4 Å². The van der Waals surface area contributed by atoms with Crippen LogP contribution in [0.3, 0.4) is 0 Å². The van der Waals surface area contributed by atoms with Gasteiger partial charge in [0, 0.05) is 0 Å². The van der Waals surface area contributed by atoms with Gasteiger partial charge < -0.3 is 4.42 Å². The quantitative estimate of drug-likeness (QED) is 0.376. The first kappa shape index (κ1) is 9.92. The Bertz CT molecular complexity index is 144. The van der Waals surface area contributed by atoms with Crippen molar-refractivity contribution in [3.05, 3.63) is 24.2 Å². The van der Waals surface area contributed by atoms with Crippen LogP contribution >= 0.6 is 0 Å². The molecule has 0 N–H and O–H groups in total. The summed E-state index contributed by atoms with van der Waals surface area (Å²) in [5.41, 5.74) is 1.21. The second-order valence-corrected chi connectivity index (χ2v) is 2.15. The van der Waals surface area contributed by atoms with Crippen LogP contribution in [0.5, 0.6) is 0 Å². The van der Waals surface area contributed by atoms with E-state index in [0.717, 1.165) is 0 Å². The minimum Gasteiger partial charge on any atom is -0.599 e. The summed E-state index contributed by atoms with van der Waals surface area (Å²) in [6, 6.07) is 1.87. The Balaban J connectivity index is 0.000000640. The molecule has 0 aliphatic carbocycles. The van der Waals surface area contributed by atoms with Crippen molar-refractivity contribution >= 4 is 0 Å². The van der Waals surface area contributed by atoms with Gasteiger partial charge in [-0.1, -0.05) is 26.0 Å². The summed E-state index contributed by atoms with van der Waals surface area (Å²) in [6.45, 7) is 4.25. The third-order valence-corrected chi connectivity index (χ3v) is 1.16. The molecule has 0 atom stereocenters. The van der Waals surface area contributed by atoms with E-state index in [1.165, 1.54) is 5.56 Å². The van der Waals surface area contributed by atoms with Crippen LogP contribution in [0.2, 0.25) is 0 Å². The van der Waals surface area contributed by atoms with Crippen LogP contribution < -0.4 is 51.4 Å². The van der Waals surface area contributed by atoms with Crippen LogP contribution in [0.1, 0.15) is 25.3 Å². The summed E-state index contributed by atoms with van der Waals surface area (Å²) in [5.74, 6) is 0.560. The fourth-order valence-electron chi connectivity index (χ4n) is 0.541. The summed E-state index contributed by atoms with van der Waals surface area (Å²) in [7, 11) is 0. The monoisotopic (exact) mass is 148 g/mol. The molecule has 1 heterocycles. The molecule has 1 nitrogen and oxygen atoms in total. The summed E-state index contributed by atoms with van der Waals surface area (Å²) in [4.78, 5) is 0. The van der Waals surface area contributed by atoms with Crippen LogP contribution in [0.25, 0.3) is 0 Å². The average Bonchev–Trinajstić information content (AvgIpc) is 2.12. The van der Waals surface area contributed by atoms with E-state index in [9.17, 15) is 0 Å². The van der Waals surface area contributed by atoms with Gasteiger partial charge in [0.05, 0.1) is 0 Å². The smallest absolute Gasteiger partial charge is 0.599 e. The third kappa shape index (κ3) is 3.00. The van der Waals surface area contributed by atoms with Gasteiger partial charge in [-0.05, 0) is 6.26 Å². The van der Waals surface area contributed by atoms with Gasteiger partial charge in [0.25, 0.3) is 0 Å². The SMILES string of the molecule is CC(C)c1c[c-]oc1.[K+]. The summed E-state index contributed by atoms with van der Waals surface area (Å²) >= 11 is 0. The number of furan rings is 1. The largest absolute Gasteiger partial charge is 1.00 e. The normalized spacial score (nSPS) is 9.22. The second kappa shape index (κ2) is 4.69. The molecule has 0 fully saturated rings. The molecule has 2 heteroatoms. The van der Waals surface area contributed by atoms with E-state index in [1.807, 2.05) is 6.07 Å². The molecule has 1 aromatic rings. The Morgan fingerprint density at radius 2 is 2.22 bits per heavy atom. The minimum absolute atomic E-state index is 0. The Kier molecular flexibility index (Phi) is 5.17. The maximum absolute atomic E-state index is 4.75. The molecule has 0 radical (unpaired) electrons. The zero-order valence-corrected chi connectivity index (χ0v) is 9.26. The van der Waals surface area contributed by atoms with Crippen LogP contribution in [0, 0.1) is 6.26 Å². The van der Waals surface area contributed by atoms with E-state index >= 15 is 0 Å². The first-order valence-corrected chi connectivity index (χ1v) is 2.75. The molecule has 9 heavy (non-hydrogen) atoms. The molecule has 44 valence electrons. The molecule has 0 bridgehead atoms. The summed E-state index contributed by atoms with van der Waals surface area (Å²) in [5, 5.41) is 0. The first-order chi connectivity index (χ1) is 3.80. The molecular formula is C7H9KO. The molecule has 0 aliphatic rings. The Morgan fingerprint density at radius 3 is 2.44 bits per heavy atom. The number of hydrogen-bond donors (Lipinski definition) is 0. The van der Waals surface area contributed by atoms with E-state index in [1.54, 1.807) is 6.26 Å². The van der Waals surface area contributed by atoms with E-state index in [4.69, 9.17) is 4.42 Å². The molecule has 0 aliphatic heterocycles. The molecule has 0 spiro atoms. The van der Waals surface area contributed by atoms with Crippen molar-refractivity contribution < 1.29 is 55.8 Å². The zero-order valence-electron chi connectivity index (χ0n) is 6.14. The van der Waals surface area contributed by atoms with Crippen LogP contribution in [0.15, 0.2) is 16.7 Å². The van der Waals surface area contributed by atoms with E-state index in [0.29, 0.717) is 5.92 Å². The maximum atomic E-state index is 4.75. The van der Waals surface area contributed by atoms with Crippen molar-refractivity contribution in [1.29, 1.82) is 0 Å². The van der Waals surface area contributed by atoms with Crippen LogP contribution in [-0.2, 0) is 0 Å². The predicted octanol–water partition coefficient (Wildman–Crippen LogP) is -0.793. The van der Waals surface area contributed by atoms with Gasteiger partial charge in [0.15, 0.2) is 0 Å². The number of rotatable bonds is 1. The summed E-state index contributed by atoms with van der Waals surface area (Å²) in [6.07, 6.45) is 4.36. The molecule has 0 saturated carbocycles. The van der Waals surface area contributed by atoms with E-state index < -0.39 is 0 Å². The van der Waals surface area contributed by atoms with Crippen molar-refractivity contribution in [2.45, 2.75) is 19.8 Å². The molecule has 1 rings (SSSR count). The molecule has 0 saturated heterocycles. The molecule has 1 aromatic heterocycles. The fraction of sp³-hybridized carbons (Fsp3) is 0.429. The minimum atomic E-state index is 0. The topological polar surface area (TPSA) is 13.1 Å². The van der Waals surface area contributed by atoms with Gasteiger partial charge in [0.2, 0.25) is 0 Å². The Labute approximate surface area is 98.2 Å². The first-order valence-electron chi connectivity index (χ1n) is 2.75. The maximum Gasteiger partial charge on any atom is 1.00 e. The third-order valence-electron chi connectivity index (χ3n) is 1.16. The van der Waals surface area contributed by atoms with Gasteiger partial charge in [-0.15, -0.1) is 6.07 Å². The van der Waals surface area contributed by atoms with Crippen molar-refractivity contribution in [3.63, 3.8) is 0 Å². The van der Waals surface area contributed by atoms with Crippen LogP contribution in [-0.4, -0.2) is 0 Å². The van der Waals surface area contributed by atoms with Crippen molar-refractivity contribution in [3.8, 4) is 0 Å². The molecular weight excluding hydrogens is 139 g/mol. The Morgan fingerprint density at radius 1 is 1.56 bits per heavy atom. The fourth-order valence-corrected chi connectivity index (χ4v) is 0.541. The van der Waals surface area contributed by atoms with E-state index in [2.05, 4.69) is 20.1 Å². The van der Waals surface area contributed by atoms with Gasteiger partial charge in [-0.3, -0.25) is 0 Å². The zero-order chi connectivity index (χ0) is 5.98. The second-order valence-electron chi connectivity index (χ2n) is 2.15. The molecule has 0 unspecified atom stereocenters. The number of hydrogen-bond acceptors (Lipinski definition) is 1. The van der Waals surface area contributed by atoms with Gasteiger partial charge in [-0.25, -0.2) is 0 Å². The standard InChI is InChI=1S/C7H9O.K/c1-6(2)7-3-4-8-5-7;/h3,5-6H,1-2H3;/q-1;+1. The van der Waals surface area contributed by atoms with Crippen molar-refractivity contribution in [1.82, 2.24) is 0 Å².